The molecule has 0 radical (unpaired) electrons. The maximum absolute atomic E-state index is 14.7. The molecule has 0 saturated heterocycles. The Bertz CT molecular complexity index is 1580. The lowest BCUT2D eigenvalue weighted by molar-refractivity contribution is 0.0998. The number of hydrogen-bond acceptors (Lipinski definition) is 7. The maximum atomic E-state index is 14.7. The number of ether oxygens (including phenoxy) is 3. The molecule has 4 rings (SSSR count). The van der Waals surface area contributed by atoms with E-state index in [0.29, 0.717) is 34.2 Å². The van der Waals surface area contributed by atoms with Crippen LogP contribution in [0.5, 0.6) is 29.0 Å². The van der Waals surface area contributed by atoms with Gasteiger partial charge in [0.15, 0.2) is 11.6 Å². The summed E-state index contributed by atoms with van der Waals surface area (Å²) in [5.41, 5.74) is 13.6. The van der Waals surface area contributed by atoms with Crippen molar-refractivity contribution in [3.05, 3.63) is 89.5 Å². The van der Waals surface area contributed by atoms with Crippen molar-refractivity contribution in [2.45, 2.75) is 0 Å². The van der Waals surface area contributed by atoms with Gasteiger partial charge in [-0.05, 0) is 47.5 Å². The monoisotopic (exact) mass is 533 g/mol. The number of halogens is 2. The minimum Gasteiger partial charge on any atom is -0.497 e. The largest absolute Gasteiger partial charge is 0.497 e. The zero-order valence-corrected chi connectivity index (χ0v) is 21.3. The Balaban J connectivity index is 1.70. The van der Waals surface area contributed by atoms with Crippen LogP contribution in [0.25, 0.3) is 11.1 Å². The van der Waals surface area contributed by atoms with Gasteiger partial charge in [0.05, 0.1) is 12.7 Å². The van der Waals surface area contributed by atoms with Crippen LogP contribution in [0.15, 0.2) is 66.7 Å². The number of nitrogens with one attached hydrogen (secondary N) is 1. The van der Waals surface area contributed by atoms with E-state index in [4.69, 9.17) is 31.1 Å². The van der Waals surface area contributed by atoms with Crippen LogP contribution in [0.2, 0.25) is 0 Å². The van der Waals surface area contributed by atoms with E-state index in [1.54, 1.807) is 61.5 Å². The predicted molar refractivity (Wildman–Crippen MR) is 143 cm³/mol. The third-order valence-electron chi connectivity index (χ3n) is 5.65. The average Bonchev–Trinajstić information content (AvgIpc) is 2.91. The van der Waals surface area contributed by atoms with Crippen LogP contribution in [0.4, 0.5) is 14.5 Å². The van der Waals surface area contributed by atoms with Crippen LogP contribution in [0, 0.1) is 17.0 Å². The highest BCUT2D eigenvalue weighted by molar-refractivity contribution is 5.97. The van der Waals surface area contributed by atoms with E-state index < -0.39 is 29.3 Å². The molecule has 11 heteroatoms. The van der Waals surface area contributed by atoms with Crippen LogP contribution >= 0.6 is 0 Å². The molecule has 5 N–H and O–H groups in total. The summed E-state index contributed by atoms with van der Waals surface area (Å²) in [4.78, 5) is 17.6. The number of carbonyl (C=O) groups excluding carboxylic acids is 1. The van der Waals surface area contributed by atoms with Gasteiger partial charge in [-0.3, -0.25) is 10.2 Å². The Hall–Kier alpha value is -5.19. The van der Waals surface area contributed by atoms with Crippen molar-refractivity contribution in [2.75, 3.05) is 26.1 Å². The van der Waals surface area contributed by atoms with Gasteiger partial charge in [0.25, 0.3) is 17.7 Å². The van der Waals surface area contributed by atoms with Crippen LogP contribution in [-0.4, -0.2) is 37.9 Å². The van der Waals surface area contributed by atoms with E-state index in [2.05, 4.69) is 4.98 Å². The zero-order valence-electron chi connectivity index (χ0n) is 21.3. The number of amides is 1. The number of carbonyl (C=O) groups is 1. The van der Waals surface area contributed by atoms with Gasteiger partial charge in [-0.1, -0.05) is 18.2 Å². The van der Waals surface area contributed by atoms with Crippen molar-refractivity contribution in [2.24, 2.45) is 11.5 Å². The zero-order chi connectivity index (χ0) is 28.3. The lowest BCUT2D eigenvalue weighted by Gasteiger charge is -2.16. The van der Waals surface area contributed by atoms with Gasteiger partial charge in [0.1, 0.15) is 23.1 Å². The van der Waals surface area contributed by atoms with E-state index in [0.717, 1.165) is 0 Å². The molecule has 0 spiro atoms. The molecule has 39 heavy (non-hydrogen) atoms. The molecule has 0 bridgehead atoms. The molecule has 4 aromatic rings. The Labute approximate surface area is 223 Å². The first kappa shape index (κ1) is 26.9. The molecule has 0 aliphatic rings. The Kier molecular flexibility index (Phi) is 7.61. The molecule has 0 fully saturated rings. The number of nitrogens with two attached hydrogens (primary N) is 2. The molecule has 0 aliphatic carbocycles. The third kappa shape index (κ3) is 6.04. The normalized spacial score (nSPS) is 10.6. The summed E-state index contributed by atoms with van der Waals surface area (Å²) in [6, 6.07) is 16.9. The third-order valence-corrected chi connectivity index (χ3v) is 5.65. The molecule has 0 saturated carbocycles. The molecule has 3 aromatic carbocycles. The number of anilines is 1. The van der Waals surface area contributed by atoms with E-state index >= 15 is 0 Å². The molecule has 0 atom stereocenters. The van der Waals surface area contributed by atoms with Crippen molar-refractivity contribution >= 4 is 17.4 Å². The van der Waals surface area contributed by atoms with Crippen molar-refractivity contribution in [1.29, 1.82) is 5.41 Å². The van der Waals surface area contributed by atoms with Crippen molar-refractivity contribution in [3.63, 3.8) is 0 Å². The summed E-state index contributed by atoms with van der Waals surface area (Å²) < 4.78 is 45.9. The topological polar surface area (TPSA) is 137 Å². The SMILES string of the molecule is COc1cc(Oc2nc(Oc3ccc(N(C)C)cc3C(N)=O)c(F)cc2F)cc(-c2cccc(C(=N)N)c2)c1. The van der Waals surface area contributed by atoms with Crippen LogP contribution in [-0.2, 0) is 0 Å². The number of hydrogen-bond donors (Lipinski definition) is 3. The van der Waals surface area contributed by atoms with E-state index in [-0.39, 0.29) is 22.9 Å². The van der Waals surface area contributed by atoms with E-state index in [9.17, 15) is 13.6 Å². The first-order chi connectivity index (χ1) is 18.5. The highest BCUT2D eigenvalue weighted by Gasteiger charge is 2.20. The molecular weight excluding hydrogens is 508 g/mol. The van der Waals surface area contributed by atoms with Gasteiger partial charge in [-0.25, -0.2) is 8.78 Å². The smallest absolute Gasteiger partial charge is 0.259 e. The number of nitrogen functional groups attached to an aromatic ring is 1. The number of amidine groups is 1. The minimum atomic E-state index is -1.11. The highest BCUT2D eigenvalue weighted by Crippen LogP contribution is 2.35. The van der Waals surface area contributed by atoms with Gasteiger partial charge < -0.3 is 30.6 Å². The summed E-state index contributed by atoms with van der Waals surface area (Å²) in [6.45, 7) is 0. The van der Waals surface area contributed by atoms with Crippen LogP contribution < -0.4 is 30.6 Å². The predicted octanol–water partition coefficient (Wildman–Crippen LogP) is 5.07. The molecule has 0 aliphatic heterocycles. The molecule has 1 amide bonds. The Morgan fingerprint density at radius 2 is 1.56 bits per heavy atom. The second-order valence-corrected chi connectivity index (χ2v) is 8.60. The molecule has 9 nitrogen and oxygen atoms in total. The van der Waals surface area contributed by atoms with Crippen molar-refractivity contribution in [1.82, 2.24) is 4.98 Å². The van der Waals surface area contributed by atoms with Gasteiger partial charge in [0.2, 0.25) is 0 Å². The number of methoxy groups -OCH3 is 1. The molecule has 1 aromatic heterocycles. The second kappa shape index (κ2) is 11.1. The summed E-state index contributed by atoms with van der Waals surface area (Å²) in [7, 11) is 5.00. The lowest BCUT2D eigenvalue weighted by Crippen LogP contribution is -2.15. The number of aromatic nitrogens is 1. The van der Waals surface area contributed by atoms with Gasteiger partial charge in [0, 0.05) is 37.5 Å². The van der Waals surface area contributed by atoms with Gasteiger partial charge in [-0.15, -0.1) is 0 Å². The fraction of sp³-hybridized carbons (Fsp3) is 0.107. The fourth-order valence-electron chi connectivity index (χ4n) is 3.65. The highest BCUT2D eigenvalue weighted by atomic mass is 19.1. The summed E-state index contributed by atoms with van der Waals surface area (Å²) in [5.74, 6) is -3.83. The maximum Gasteiger partial charge on any atom is 0.259 e. The van der Waals surface area contributed by atoms with E-state index in [1.807, 2.05) is 0 Å². The Morgan fingerprint density at radius 3 is 2.21 bits per heavy atom. The summed E-state index contributed by atoms with van der Waals surface area (Å²) in [6.07, 6.45) is 0. The minimum absolute atomic E-state index is 0.0144. The molecular formula is C28H25F2N5O4. The summed E-state index contributed by atoms with van der Waals surface area (Å²) in [5, 5.41) is 7.68. The molecule has 1 heterocycles. The molecule has 0 unspecified atom stereocenters. The number of rotatable bonds is 9. The number of primary amides is 1. The van der Waals surface area contributed by atoms with Crippen molar-refractivity contribution in [3.8, 4) is 40.1 Å². The van der Waals surface area contributed by atoms with E-state index in [1.165, 1.54) is 25.3 Å². The van der Waals surface area contributed by atoms with Crippen LogP contribution in [0.1, 0.15) is 15.9 Å². The number of benzene rings is 3. The summed E-state index contributed by atoms with van der Waals surface area (Å²) >= 11 is 0. The fourth-order valence-corrected chi connectivity index (χ4v) is 3.65. The van der Waals surface area contributed by atoms with Gasteiger partial charge in [-0.2, -0.15) is 4.98 Å². The number of nitrogens with zero attached hydrogens (tertiary/aromatic N) is 2. The van der Waals surface area contributed by atoms with Crippen LogP contribution in [0.3, 0.4) is 0 Å². The average molecular weight is 534 g/mol. The quantitative estimate of drug-likeness (QED) is 0.202. The first-order valence-corrected chi connectivity index (χ1v) is 11.5. The second-order valence-electron chi connectivity index (χ2n) is 8.60. The lowest BCUT2D eigenvalue weighted by atomic mass is 10.0. The standard InChI is InChI=1S/C28H25F2N5O4/c1-35(2)18-7-8-24(21(12-18)26(33)36)39-28-23(30)14-22(29)27(34-28)38-20-11-17(10-19(13-20)37-3)15-5-4-6-16(9-15)25(31)32/h4-14H,1-3H3,(H3,31,32)(H2,33,36). The number of pyridine rings is 1. The molecule has 200 valence electrons. The van der Waals surface area contributed by atoms with Crippen molar-refractivity contribution < 1.29 is 27.8 Å². The van der Waals surface area contributed by atoms with Gasteiger partial charge >= 0.3 is 0 Å². The first-order valence-electron chi connectivity index (χ1n) is 11.5. The Morgan fingerprint density at radius 1 is 0.872 bits per heavy atom.